The van der Waals surface area contributed by atoms with Crippen molar-refractivity contribution in [1.29, 1.82) is 0 Å². The van der Waals surface area contributed by atoms with Crippen LogP contribution in [0.5, 0.6) is 0 Å². The molecule has 2 fully saturated rings. The Labute approximate surface area is 214 Å². The molecule has 2 atom stereocenters. The van der Waals surface area contributed by atoms with Crippen LogP contribution < -0.4 is 16.4 Å². The average molecular weight is 507 g/mol. The molecule has 0 bridgehead atoms. The minimum absolute atomic E-state index is 0.0619. The number of nitrogens with zero attached hydrogens (tertiary/aromatic N) is 4. The quantitative estimate of drug-likeness (QED) is 0.514. The van der Waals surface area contributed by atoms with Crippen LogP contribution in [0.15, 0.2) is 58.8 Å². The van der Waals surface area contributed by atoms with Crippen molar-refractivity contribution >= 4 is 35.0 Å². The molecule has 2 aromatic heterocycles. The third kappa shape index (κ3) is 4.95. The molecule has 180 valence electrons. The molecule has 1 aromatic carbocycles. The van der Waals surface area contributed by atoms with E-state index >= 15 is 0 Å². The van der Waals surface area contributed by atoms with Crippen LogP contribution in [0.3, 0.4) is 0 Å². The summed E-state index contributed by atoms with van der Waals surface area (Å²) in [6, 6.07) is 9.57. The van der Waals surface area contributed by atoms with Crippen LogP contribution in [0.4, 0.5) is 11.6 Å². The SMILES string of the molecule is C[C@@H]1OCC2(CCN(c3cnc(Sc4cccc(C#Cc5cccnc5)c4Cl)c(N)n3)CC2)[C@@H]1N. The van der Waals surface area contributed by atoms with Gasteiger partial charge in [0.05, 0.1) is 23.9 Å². The molecule has 0 unspecified atom stereocenters. The molecule has 0 amide bonds. The number of nitrogen functional groups attached to an aromatic ring is 1. The van der Waals surface area contributed by atoms with Gasteiger partial charge in [0, 0.05) is 53.0 Å². The number of ether oxygens (including phenoxy) is 1. The van der Waals surface area contributed by atoms with Crippen LogP contribution >= 0.6 is 23.4 Å². The standard InChI is InChI=1S/C26H27ClN6OS/c1-17-23(28)26(16-34-17)9-12-33(13-10-26)21-15-31-25(24(29)32-21)35-20-6-2-5-19(22(20)27)8-7-18-4-3-11-30-14-18/h2-6,11,14-15,17,23H,9-10,12-13,16,28H2,1H3,(H2,29,32)/t17-,23+/m0/s1. The van der Waals surface area contributed by atoms with Gasteiger partial charge in [-0.25, -0.2) is 9.97 Å². The normalized spacial score (nSPS) is 21.1. The molecule has 3 aromatic rings. The first-order chi connectivity index (χ1) is 16.9. The van der Waals surface area contributed by atoms with Crippen molar-refractivity contribution in [2.45, 2.75) is 41.8 Å². The maximum atomic E-state index is 6.65. The molecule has 2 aliphatic heterocycles. The Morgan fingerprint density at radius 3 is 2.69 bits per heavy atom. The Balaban J connectivity index is 1.28. The van der Waals surface area contributed by atoms with E-state index in [2.05, 4.69) is 38.6 Å². The largest absolute Gasteiger partial charge is 0.381 e. The first-order valence-electron chi connectivity index (χ1n) is 11.6. The lowest BCUT2D eigenvalue weighted by Crippen LogP contribution is -2.50. The fourth-order valence-corrected chi connectivity index (χ4v) is 5.73. The van der Waals surface area contributed by atoms with Gasteiger partial charge in [-0.15, -0.1) is 0 Å². The van der Waals surface area contributed by atoms with Gasteiger partial charge in [-0.1, -0.05) is 41.3 Å². The highest BCUT2D eigenvalue weighted by atomic mass is 35.5. The van der Waals surface area contributed by atoms with Crippen molar-refractivity contribution in [3.05, 3.63) is 65.1 Å². The predicted octanol–water partition coefficient (Wildman–Crippen LogP) is 3.99. The van der Waals surface area contributed by atoms with Crippen molar-refractivity contribution in [3.63, 3.8) is 0 Å². The lowest BCUT2D eigenvalue weighted by molar-refractivity contribution is 0.0974. The summed E-state index contributed by atoms with van der Waals surface area (Å²) in [6.07, 6.45) is 7.27. The van der Waals surface area contributed by atoms with Crippen LogP contribution in [0.2, 0.25) is 5.02 Å². The molecule has 4 N–H and O–H groups in total. The van der Waals surface area contributed by atoms with E-state index in [0.29, 0.717) is 15.9 Å². The second-order valence-electron chi connectivity index (χ2n) is 9.02. The van der Waals surface area contributed by atoms with E-state index < -0.39 is 0 Å². The fourth-order valence-electron chi connectivity index (χ4n) is 4.63. The summed E-state index contributed by atoms with van der Waals surface area (Å²) in [6.45, 7) is 4.50. The Bertz CT molecular complexity index is 1270. The van der Waals surface area contributed by atoms with E-state index in [1.807, 2.05) is 30.3 Å². The highest BCUT2D eigenvalue weighted by molar-refractivity contribution is 7.99. The molecule has 35 heavy (non-hydrogen) atoms. The van der Waals surface area contributed by atoms with Crippen molar-refractivity contribution in [3.8, 4) is 11.8 Å². The molecular weight excluding hydrogens is 480 g/mol. The zero-order chi connectivity index (χ0) is 24.4. The molecule has 0 radical (unpaired) electrons. The smallest absolute Gasteiger partial charge is 0.158 e. The number of aromatic nitrogens is 3. The van der Waals surface area contributed by atoms with Gasteiger partial charge in [-0.2, -0.15) is 0 Å². The average Bonchev–Trinajstić information content (AvgIpc) is 3.15. The third-order valence-corrected chi connectivity index (χ3v) is 8.44. The molecular formula is C26H27ClN6OS. The molecule has 5 rings (SSSR count). The number of rotatable bonds is 3. The van der Waals surface area contributed by atoms with Gasteiger partial charge in [0.25, 0.3) is 0 Å². The third-order valence-electron chi connectivity index (χ3n) is 6.85. The van der Waals surface area contributed by atoms with Gasteiger partial charge in [0.2, 0.25) is 0 Å². The highest BCUT2D eigenvalue weighted by Crippen LogP contribution is 2.42. The summed E-state index contributed by atoms with van der Waals surface area (Å²) in [5.74, 6) is 7.37. The maximum absolute atomic E-state index is 6.65. The Kier molecular flexibility index (Phi) is 6.85. The summed E-state index contributed by atoms with van der Waals surface area (Å²) in [4.78, 5) is 16.4. The molecule has 1 spiro atoms. The molecule has 2 saturated heterocycles. The lowest BCUT2D eigenvalue weighted by atomic mass is 9.73. The number of hydrogen-bond donors (Lipinski definition) is 2. The van der Waals surface area contributed by atoms with Crippen molar-refractivity contribution in [2.24, 2.45) is 11.1 Å². The van der Waals surface area contributed by atoms with Crippen molar-refractivity contribution in [1.82, 2.24) is 15.0 Å². The number of halogens is 1. The van der Waals surface area contributed by atoms with Crippen molar-refractivity contribution < 1.29 is 4.74 Å². The van der Waals surface area contributed by atoms with Gasteiger partial charge in [-0.3, -0.25) is 4.98 Å². The summed E-state index contributed by atoms with van der Waals surface area (Å²) in [5, 5.41) is 1.17. The summed E-state index contributed by atoms with van der Waals surface area (Å²) in [5.41, 5.74) is 14.4. The number of piperidine rings is 1. The maximum Gasteiger partial charge on any atom is 0.158 e. The number of benzene rings is 1. The monoisotopic (exact) mass is 506 g/mol. The van der Waals surface area contributed by atoms with Crippen LogP contribution in [0.25, 0.3) is 0 Å². The zero-order valence-electron chi connectivity index (χ0n) is 19.4. The van der Waals surface area contributed by atoms with Crippen LogP contribution in [0, 0.1) is 17.3 Å². The zero-order valence-corrected chi connectivity index (χ0v) is 21.0. The van der Waals surface area contributed by atoms with Crippen molar-refractivity contribution in [2.75, 3.05) is 30.3 Å². The predicted molar refractivity (Wildman–Crippen MR) is 140 cm³/mol. The molecule has 4 heterocycles. The second-order valence-corrected chi connectivity index (χ2v) is 10.4. The second kappa shape index (κ2) is 10.0. The van der Waals surface area contributed by atoms with E-state index in [9.17, 15) is 0 Å². The highest BCUT2D eigenvalue weighted by Gasteiger charge is 2.47. The topological polar surface area (TPSA) is 103 Å². The van der Waals surface area contributed by atoms with Crippen LogP contribution in [-0.2, 0) is 4.74 Å². The molecule has 0 saturated carbocycles. The van der Waals surface area contributed by atoms with Crippen LogP contribution in [-0.4, -0.2) is 46.8 Å². The fraction of sp³-hybridized carbons (Fsp3) is 0.346. The lowest BCUT2D eigenvalue weighted by Gasteiger charge is -2.41. The molecule has 2 aliphatic rings. The summed E-state index contributed by atoms with van der Waals surface area (Å²) < 4.78 is 5.83. The van der Waals surface area contributed by atoms with Gasteiger partial charge >= 0.3 is 0 Å². The molecule has 9 heteroatoms. The van der Waals surface area contributed by atoms with E-state index in [-0.39, 0.29) is 17.6 Å². The molecule has 7 nitrogen and oxygen atoms in total. The first kappa shape index (κ1) is 23.9. The minimum atomic E-state index is 0.0619. The van der Waals surface area contributed by atoms with Gasteiger partial charge in [0.1, 0.15) is 10.8 Å². The van der Waals surface area contributed by atoms with E-state index in [0.717, 1.165) is 54.4 Å². The molecule has 0 aliphatic carbocycles. The Morgan fingerprint density at radius 1 is 1.17 bits per heavy atom. The summed E-state index contributed by atoms with van der Waals surface area (Å²) >= 11 is 8.04. The number of anilines is 2. The van der Waals surface area contributed by atoms with E-state index in [4.69, 9.17) is 27.8 Å². The van der Waals surface area contributed by atoms with Crippen LogP contribution in [0.1, 0.15) is 30.9 Å². The van der Waals surface area contributed by atoms with Gasteiger partial charge in [-0.05, 0) is 44.0 Å². The van der Waals surface area contributed by atoms with Gasteiger partial charge < -0.3 is 21.1 Å². The van der Waals surface area contributed by atoms with Gasteiger partial charge in [0.15, 0.2) is 5.82 Å². The first-order valence-corrected chi connectivity index (χ1v) is 12.8. The Morgan fingerprint density at radius 2 is 2.00 bits per heavy atom. The number of hydrogen-bond acceptors (Lipinski definition) is 8. The minimum Gasteiger partial charge on any atom is -0.381 e. The van der Waals surface area contributed by atoms with E-state index in [1.165, 1.54) is 11.8 Å². The number of pyridine rings is 1. The van der Waals surface area contributed by atoms with E-state index in [1.54, 1.807) is 18.6 Å². The Hall–Kier alpha value is -2.83. The summed E-state index contributed by atoms with van der Waals surface area (Å²) in [7, 11) is 0. The number of nitrogens with two attached hydrogens (primary N) is 2.